The van der Waals surface area contributed by atoms with Gasteiger partial charge in [-0.1, -0.05) is 36.4 Å². The second-order valence-corrected chi connectivity index (χ2v) is 10.3. The van der Waals surface area contributed by atoms with Crippen molar-refractivity contribution in [3.8, 4) is 11.5 Å². The Morgan fingerprint density at radius 3 is 1.81 bits per heavy atom. The quantitative estimate of drug-likeness (QED) is 0.397. The summed E-state index contributed by atoms with van der Waals surface area (Å²) in [7, 11) is 2.44. The van der Waals surface area contributed by atoms with Gasteiger partial charge in [0.15, 0.2) is 0 Å². The van der Waals surface area contributed by atoms with E-state index in [9.17, 15) is 19.2 Å². The number of methoxy groups -OCH3 is 2. The number of piperidine rings is 2. The van der Waals surface area contributed by atoms with E-state index in [4.69, 9.17) is 23.7 Å². The van der Waals surface area contributed by atoms with Crippen LogP contribution in [0.3, 0.4) is 0 Å². The Bertz CT molecular complexity index is 1320. The third-order valence-electron chi connectivity index (χ3n) is 7.95. The highest BCUT2D eigenvalue weighted by Gasteiger charge is 2.56. The lowest BCUT2D eigenvalue weighted by molar-refractivity contribution is -0.156. The van der Waals surface area contributed by atoms with Crippen molar-refractivity contribution in [2.45, 2.75) is 19.0 Å². The second kappa shape index (κ2) is 12.6. The summed E-state index contributed by atoms with van der Waals surface area (Å²) in [5.41, 5.74) is 1.14. The summed E-state index contributed by atoms with van der Waals surface area (Å²) in [5, 5.41) is 0. The van der Waals surface area contributed by atoms with Crippen molar-refractivity contribution in [3.05, 3.63) is 71.4 Å². The van der Waals surface area contributed by atoms with E-state index >= 15 is 0 Å². The molecule has 1 amide bonds. The van der Waals surface area contributed by atoms with E-state index < -0.39 is 35.9 Å². The van der Waals surface area contributed by atoms with Gasteiger partial charge in [0, 0.05) is 31.1 Å². The molecular formula is C31H34N2O9. The molecular weight excluding hydrogens is 544 g/mol. The molecule has 3 aliphatic rings. The first kappa shape index (κ1) is 29.1. The van der Waals surface area contributed by atoms with Crippen LogP contribution in [0.5, 0.6) is 11.5 Å². The molecule has 0 aromatic heterocycles. The molecule has 0 N–H and O–H groups in total. The van der Waals surface area contributed by atoms with Crippen molar-refractivity contribution in [3.63, 3.8) is 0 Å². The maximum atomic E-state index is 14.3. The van der Waals surface area contributed by atoms with Gasteiger partial charge in [-0.05, 0) is 12.1 Å². The summed E-state index contributed by atoms with van der Waals surface area (Å²) in [6.07, 6.45) is 1.09. The van der Waals surface area contributed by atoms with Crippen LogP contribution in [0.2, 0.25) is 0 Å². The van der Waals surface area contributed by atoms with Crippen molar-refractivity contribution in [1.82, 2.24) is 9.80 Å². The third kappa shape index (κ3) is 5.56. The summed E-state index contributed by atoms with van der Waals surface area (Å²) in [4.78, 5) is 56.7. The van der Waals surface area contributed by atoms with Crippen molar-refractivity contribution in [1.29, 1.82) is 0 Å². The van der Waals surface area contributed by atoms with Gasteiger partial charge in [0.05, 0.1) is 57.4 Å². The highest BCUT2D eigenvalue weighted by atomic mass is 16.5. The molecule has 3 heterocycles. The van der Waals surface area contributed by atoms with Gasteiger partial charge in [-0.2, -0.15) is 0 Å². The number of benzene rings is 2. The molecule has 4 atom stereocenters. The Kier molecular flexibility index (Phi) is 8.77. The van der Waals surface area contributed by atoms with E-state index in [-0.39, 0.29) is 43.7 Å². The lowest BCUT2D eigenvalue weighted by Crippen LogP contribution is -2.61. The summed E-state index contributed by atoms with van der Waals surface area (Å²) in [6.45, 7) is 2.79. The number of likely N-dealkylation sites (tertiary alicyclic amines) is 1. The Hall–Kier alpha value is -4.38. The summed E-state index contributed by atoms with van der Waals surface area (Å²) >= 11 is 0. The second-order valence-electron chi connectivity index (χ2n) is 10.3. The van der Waals surface area contributed by atoms with Crippen LogP contribution in [0.1, 0.15) is 30.1 Å². The van der Waals surface area contributed by atoms with Crippen LogP contribution >= 0.6 is 0 Å². The normalized spacial score (nSPS) is 24.2. The number of ether oxygens (including phenoxy) is 5. The summed E-state index contributed by atoms with van der Waals surface area (Å²) in [6, 6.07) is 12.8. The predicted molar refractivity (Wildman–Crippen MR) is 148 cm³/mol. The fraction of sp³-hybridized carbons (Fsp3) is 0.419. The number of carbonyl (C=O) groups is 4. The number of fused-ring (bicyclic) bond motifs is 10. The van der Waals surface area contributed by atoms with Crippen molar-refractivity contribution in [2.24, 2.45) is 11.8 Å². The number of hydrogen-bond acceptors (Lipinski definition) is 10. The first-order valence-electron chi connectivity index (χ1n) is 13.8. The SMILES string of the molecule is COC(=O)/C=C(\C(=O)OC)N1[C@@H]2c3ccccc3OCCOCCOc3ccccc3[C@H]1[C@@H]1CN(C(C)=O)C[C@H]2C1=O. The molecule has 3 aliphatic heterocycles. The van der Waals surface area contributed by atoms with Crippen LogP contribution in [0.15, 0.2) is 60.3 Å². The molecule has 0 radical (unpaired) electrons. The van der Waals surface area contributed by atoms with Gasteiger partial charge >= 0.3 is 11.9 Å². The van der Waals surface area contributed by atoms with Crippen LogP contribution < -0.4 is 9.47 Å². The molecule has 11 nitrogen and oxygen atoms in total. The van der Waals surface area contributed by atoms with E-state index in [1.165, 1.54) is 21.1 Å². The number of nitrogens with zero attached hydrogens (tertiary/aromatic N) is 2. The summed E-state index contributed by atoms with van der Waals surface area (Å²) < 4.78 is 28.1. The standard InChI is InChI=1S/C31H34N2O9/c1-19(34)32-17-22-28-20-8-4-6-10-25(20)41-14-12-40-13-15-42-26-11-7-5-9-21(26)29(23(18-32)30(22)36)33(28)24(31(37)39-3)16-27(35)38-2/h4-11,16,22-23,28-29H,12-15,17-18H2,1-3H3/b24-16+/t22-,23+,28-,29+. The third-order valence-corrected chi connectivity index (χ3v) is 7.95. The molecule has 2 aromatic carbocycles. The van der Waals surface area contributed by atoms with E-state index in [0.717, 1.165) is 6.08 Å². The average Bonchev–Trinajstić information content (AvgIpc) is 2.99. The lowest BCUT2D eigenvalue weighted by Gasteiger charge is -2.55. The van der Waals surface area contributed by atoms with Crippen LogP contribution in [-0.4, -0.2) is 87.2 Å². The number of para-hydroxylation sites is 2. The first-order chi connectivity index (χ1) is 20.3. The number of carbonyl (C=O) groups excluding carboxylic acids is 4. The van der Waals surface area contributed by atoms with E-state index in [1.807, 2.05) is 36.4 Å². The van der Waals surface area contributed by atoms with Crippen LogP contribution in [0, 0.1) is 11.8 Å². The number of esters is 2. The van der Waals surface area contributed by atoms with Gasteiger partial charge in [0.25, 0.3) is 0 Å². The molecule has 222 valence electrons. The highest BCUT2D eigenvalue weighted by molar-refractivity contribution is 5.97. The molecule has 0 unspecified atom stereocenters. The van der Waals surface area contributed by atoms with Gasteiger partial charge in [0.1, 0.15) is 36.2 Å². The minimum absolute atomic E-state index is 0.0546. The number of hydrogen-bond donors (Lipinski definition) is 0. The van der Waals surface area contributed by atoms with Crippen LogP contribution in [0.4, 0.5) is 0 Å². The zero-order chi connectivity index (χ0) is 29.8. The minimum Gasteiger partial charge on any atom is -0.491 e. The van der Waals surface area contributed by atoms with E-state index in [2.05, 4.69) is 0 Å². The Balaban J connectivity index is 1.84. The average molecular weight is 579 g/mol. The fourth-order valence-corrected chi connectivity index (χ4v) is 6.12. The van der Waals surface area contributed by atoms with Crippen LogP contribution in [-0.2, 0) is 33.4 Å². The van der Waals surface area contributed by atoms with Gasteiger partial charge in [-0.15, -0.1) is 0 Å². The van der Waals surface area contributed by atoms with Crippen LogP contribution in [0.25, 0.3) is 0 Å². The molecule has 0 saturated carbocycles. The molecule has 5 rings (SSSR count). The number of ketones is 1. The molecule has 0 aliphatic carbocycles. The largest absolute Gasteiger partial charge is 0.491 e. The smallest absolute Gasteiger partial charge is 0.354 e. The zero-order valence-corrected chi connectivity index (χ0v) is 23.8. The summed E-state index contributed by atoms with van der Waals surface area (Å²) in [5.74, 6) is -2.29. The van der Waals surface area contributed by atoms with Gasteiger partial charge in [0.2, 0.25) is 5.91 Å². The number of rotatable bonds is 3. The van der Waals surface area contributed by atoms with Crippen molar-refractivity contribution in [2.75, 3.05) is 53.7 Å². The molecule has 11 heteroatoms. The molecule has 2 saturated heterocycles. The lowest BCUT2D eigenvalue weighted by atomic mass is 9.69. The van der Waals surface area contributed by atoms with E-state index in [1.54, 1.807) is 21.9 Å². The maximum Gasteiger partial charge on any atom is 0.354 e. The monoisotopic (exact) mass is 578 g/mol. The zero-order valence-electron chi connectivity index (χ0n) is 23.8. The highest BCUT2D eigenvalue weighted by Crippen LogP contribution is 2.53. The van der Waals surface area contributed by atoms with Gasteiger partial charge in [-0.25, -0.2) is 9.59 Å². The first-order valence-corrected chi connectivity index (χ1v) is 13.8. The molecule has 4 bridgehead atoms. The predicted octanol–water partition coefficient (Wildman–Crippen LogP) is 2.47. The maximum absolute atomic E-state index is 14.3. The fourth-order valence-electron chi connectivity index (χ4n) is 6.12. The Morgan fingerprint density at radius 1 is 0.810 bits per heavy atom. The molecule has 2 aromatic rings. The van der Waals surface area contributed by atoms with Gasteiger partial charge in [-0.3, -0.25) is 9.59 Å². The molecule has 2 fully saturated rings. The van der Waals surface area contributed by atoms with E-state index in [0.29, 0.717) is 35.8 Å². The van der Waals surface area contributed by atoms with Crippen molar-refractivity contribution < 1.29 is 42.9 Å². The Morgan fingerprint density at radius 2 is 1.33 bits per heavy atom. The van der Waals surface area contributed by atoms with Gasteiger partial charge < -0.3 is 33.5 Å². The topological polar surface area (TPSA) is 121 Å². The minimum atomic E-state index is -0.830. The Labute approximate surface area is 243 Å². The molecule has 0 spiro atoms. The number of Topliss-reactive ketones (excluding diaryl/α,β-unsaturated/α-hetero) is 1. The molecule has 42 heavy (non-hydrogen) atoms. The van der Waals surface area contributed by atoms with Crippen molar-refractivity contribution >= 4 is 23.6 Å². The number of amides is 1.